The van der Waals surface area contributed by atoms with Crippen molar-refractivity contribution in [3.8, 4) is 0 Å². The third kappa shape index (κ3) is 5.53. The Morgan fingerprint density at radius 2 is 1.76 bits per heavy atom. The number of nitrogens with one attached hydrogen (secondary N) is 1. The van der Waals surface area contributed by atoms with Crippen molar-refractivity contribution < 1.29 is 13.8 Å². The van der Waals surface area contributed by atoms with Crippen LogP contribution in [-0.4, -0.2) is 39.3 Å². The fourth-order valence-electron chi connectivity index (χ4n) is 3.20. The van der Waals surface area contributed by atoms with Gasteiger partial charge in [0, 0.05) is 18.4 Å². The highest BCUT2D eigenvalue weighted by molar-refractivity contribution is 7.93. The van der Waals surface area contributed by atoms with Gasteiger partial charge in [-0.1, -0.05) is 55.5 Å². The number of rotatable bonds is 9. The minimum Gasteiger partial charge on any atom is -0.382 e. The van der Waals surface area contributed by atoms with Crippen LogP contribution < -0.4 is 16.0 Å². The largest absolute Gasteiger partial charge is 0.382 e. The van der Waals surface area contributed by atoms with E-state index in [1.807, 2.05) is 37.3 Å². The number of hydrogen-bond acceptors (Lipinski definition) is 7. The van der Waals surface area contributed by atoms with Gasteiger partial charge in [0.15, 0.2) is 11.6 Å². The molecule has 9 nitrogen and oxygen atoms in total. The summed E-state index contributed by atoms with van der Waals surface area (Å²) in [5.41, 5.74) is 7.63. The Morgan fingerprint density at radius 1 is 1.12 bits per heavy atom. The quantitative estimate of drug-likeness (QED) is 0.365. The van der Waals surface area contributed by atoms with Crippen LogP contribution in [-0.2, 0) is 21.1 Å². The number of nitrogen functional groups attached to an aromatic ring is 1. The molecule has 0 spiro atoms. The predicted octanol–water partition coefficient (Wildman–Crippen LogP) is 3.34. The lowest BCUT2D eigenvalue weighted by atomic mass is 10.2. The number of amides is 2. The molecule has 0 fully saturated rings. The molecular weight excluding hydrogens is 440 g/mol. The van der Waals surface area contributed by atoms with Gasteiger partial charge in [-0.3, -0.25) is 14.5 Å². The third-order valence-corrected chi connectivity index (χ3v) is 6.94. The molecule has 0 saturated heterocycles. The maximum atomic E-state index is 13.8. The Hall–Kier alpha value is -3.79. The minimum absolute atomic E-state index is 0.00333. The van der Waals surface area contributed by atoms with E-state index in [9.17, 15) is 13.8 Å². The van der Waals surface area contributed by atoms with Crippen LogP contribution in [0.25, 0.3) is 0 Å². The summed E-state index contributed by atoms with van der Waals surface area (Å²) in [7, 11) is -1.73. The Kier molecular flexibility index (Phi) is 7.73. The predicted molar refractivity (Wildman–Crippen MR) is 129 cm³/mol. The van der Waals surface area contributed by atoms with Gasteiger partial charge in [0.2, 0.25) is 11.6 Å². The smallest absolute Gasteiger partial charge is 0.285 e. The molecule has 3 rings (SSSR count). The Morgan fingerprint density at radius 3 is 2.33 bits per heavy atom. The molecule has 2 amide bonds. The first-order valence-corrected chi connectivity index (χ1v) is 12.1. The average Bonchev–Trinajstić information content (AvgIpc) is 2.83. The molecule has 0 saturated carbocycles. The van der Waals surface area contributed by atoms with Gasteiger partial charge < -0.3 is 11.1 Å². The van der Waals surface area contributed by atoms with Crippen molar-refractivity contribution in [1.82, 2.24) is 9.97 Å². The molecular formula is C23H26N6O3S. The maximum Gasteiger partial charge on any atom is 0.285 e. The highest BCUT2D eigenvalue weighted by Gasteiger charge is 2.25. The van der Waals surface area contributed by atoms with E-state index in [2.05, 4.69) is 19.6 Å². The first-order valence-electron chi connectivity index (χ1n) is 10.4. The molecule has 10 heteroatoms. The number of carbonyl (C=O) groups excluding carboxylic acids is 2. The van der Waals surface area contributed by atoms with Gasteiger partial charge in [-0.25, -0.2) is 9.19 Å². The summed E-state index contributed by atoms with van der Waals surface area (Å²) >= 11 is 0. The van der Waals surface area contributed by atoms with Crippen LogP contribution in [0.1, 0.15) is 29.3 Å². The lowest BCUT2D eigenvalue weighted by molar-refractivity contribution is -0.107. The second-order valence-corrected chi connectivity index (χ2v) is 9.40. The van der Waals surface area contributed by atoms with Crippen molar-refractivity contribution >= 4 is 39.4 Å². The normalized spacial score (nSPS) is 12.4. The van der Waals surface area contributed by atoms with Crippen LogP contribution >= 0.6 is 0 Å². The topological polar surface area (TPSA) is 131 Å². The standard InChI is InChI=1S/C23H26N6O3S/c1-3-14-33(32,28-22(31)18-12-8-5-9-13-18)23-26-20(24)19(25-2)21(27-23)29(16-30)15-17-10-6-4-7-11-17/h4-13,16,25H,3,14-15H2,1-2H3,(H2,24,26,27). The zero-order valence-corrected chi connectivity index (χ0v) is 19.3. The maximum absolute atomic E-state index is 13.8. The van der Waals surface area contributed by atoms with E-state index in [0.717, 1.165) is 5.56 Å². The second-order valence-electron chi connectivity index (χ2n) is 7.17. The van der Waals surface area contributed by atoms with E-state index in [0.29, 0.717) is 24.1 Å². The van der Waals surface area contributed by atoms with Crippen molar-refractivity contribution in [2.75, 3.05) is 28.8 Å². The molecule has 0 aliphatic heterocycles. The number of anilines is 3. The fraction of sp³-hybridized carbons (Fsp3) is 0.217. The van der Waals surface area contributed by atoms with E-state index in [-0.39, 0.29) is 29.1 Å². The van der Waals surface area contributed by atoms with Crippen molar-refractivity contribution in [3.05, 3.63) is 71.8 Å². The van der Waals surface area contributed by atoms with Crippen molar-refractivity contribution in [2.24, 2.45) is 4.36 Å². The van der Waals surface area contributed by atoms with Gasteiger partial charge in [-0.15, -0.1) is 0 Å². The van der Waals surface area contributed by atoms with Crippen molar-refractivity contribution in [2.45, 2.75) is 25.0 Å². The van der Waals surface area contributed by atoms with Crippen molar-refractivity contribution in [3.63, 3.8) is 0 Å². The summed E-state index contributed by atoms with van der Waals surface area (Å²) < 4.78 is 17.9. The van der Waals surface area contributed by atoms with Crippen molar-refractivity contribution in [1.29, 1.82) is 0 Å². The van der Waals surface area contributed by atoms with Gasteiger partial charge in [-0.05, 0) is 24.1 Å². The average molecular weight is 467 g/mol. The van der Waals surface area contributed by atoms with Gasteiger partial charge >= 0.3 is 0 Å². The molecule has 1 atom stereocenters. The summed E-state index contributed by atoms with van der Waals surface area (Å²) in [5, 5.41) is 2.72. The Balaban J connectivity index is 2.13. The number of nitrogens with two attached hydrogens (primary N) is 1. The molecule has 0 bridgehead atoms. The lowest BCUT2D eigenvalue weighted by Crippen LogP contribution is -2.25. The Labute approximate surface area is 193 Å². The molecule has 0 aliphatic rings. The molecule has 1 unspecified atom stereocenters. The van der Waals surface area contributed by atoms with Gasteiger partial charge in [-0.2, -0.15) is 9.35 Å². The molecule has 1 heterocycles. The second kappa shape index (κ2) is 10.7. The number of benzene rings is 2. The van der Waals surface area contributed by atoms with Gasteiger partial charge in [0.25, 0.3) is 5.91 Å². The van der Waals surface area contributed by atoms with Gasteiger partial charge in [0.05, 0.1) is 6.54 Å². The summed E-state index contributed by atoms with van der Waals surface area (Å²) in [6.45, 7) is 2.03. The van der Waals surface area contributed by atoms with E-state index in [1.54, 1.807) is 37.4 Å². The van der Waals surface area contributed by atoms with Gasteiger partial charge in [0.1, 0.15) is 15.4 Å². The van der Waals surface area contributed by atoms with Crippen LogP contribution in [0, 0.1) is 0 Å². The highest BCUT2D eigenvalue weighted by Crippen LogP contribution is 2.30. The van der Waals surface area contributed by atoms with Crippen LogP contribution in [0.15, 0.2) is 70.2 Å². The number of aromatic nitrogens is 2. The number of nitrogens with zero attached hydrogens (tertiary/aromatic N) is 4. The lowest BCUT2D eigenvalue weighted by Gasteiger charge is -2.21. The number of hydrogen-bond donors (Lipinski definition) is 2. The summed E-state index contributed by atoms with van der Waals surface area (Å²) in [6.07, 6.45) is 1.09. The molecule has 3 aromatic rings. The molecule has 0 radical (unpaired) electrons. The zero-order valence-electron chi connectivity index (χ0n) is 18.5. The molecule has 1 aromatic heterocycles. The molecule has 0 aliphatic carbocycles. The van der Waals surface area contributed by atoms with E-state index >= 15 is 0 Å². The van der Waals surface area contributed by atoms with E-state index in [1.165, 1.54) is 4.90 Å². The third-order valence-electron chi connectivity index (χ3n) is 4.76. The zero-order chi connectivity index (χ0) is 23.8. The van der Waals surface area contributed by atoms with Crippen LogP contribution in [0.2, 0.25) is 0 Å². The molecule has 3 N–H and O–H groups in total. The minimum atomic E-state index is -3.35. The highest BCUT2D eigenvalue weighted by atomic mass is 32.2. The van der Waals surface area contributed by atoms with E-state index in [4.69, 9.17) is 5.73 Å². The molecule has 172 valence electrons. The van der Waals surface area contributed by atoms with E-state index < -0.39 is 15.6 Å². The monoisotopic (exact) mass is 466 g/mol. The summed E-state index contributed by atoms with van der Waals surface area (Å²) in [5.74, 6) is -0.413. The summed E-state index contributed by atoms with van der Waals surface area (Å²) in [4.78, 5) is 34.7. The first kappa shape index (κ1) is 23.9. The summed E-state index contributed by atoms with van der Waals surface area (Å²) in [6, 6.07) is 17.7. The van der Waals surface area contributed by atoms with Crippen LogP contribution in [0.5, 0.6) is 0 Å². The SMILES string of the molecule is CCCS(=O)(=NC(=O)c1ccccc1)c1nc(N)c(NC)c(N(C=O)Cc2ccccc2)n1. The molecule has 2 aromatic carbocycles. The van der Waals surface area contributed by atoms with Crippen LogP contribution in [0.3, 0.4) is 0 Å². The fourth-order valence-corrected chi connectivity index (χ4v) is 4.95. The Bertz CT molecular complexity index is 1240. The molecule has 33 heavy (non-hydrogen) atoms. The first-order chi connectivity index (χ1) is 15.9. The van der Waals surface area contributed by atoms with Crippen LogP contribution in [0.4, 0.5) is 17.3 Å². The number of carbonyl (C=O) groups is 2.